The molecule has 2 N–H and O–H groups in total. The van der Waals surface area contributed by atoms with Gasteiger partial charge < -0.3 is 14.6 Å². The van der Waals surface area contributed by atoms with Crippen LogP contribution in [0.4, 0.5) is 0 Å². The Hall–Kier alpha value is -2.91. The molecule has 0 aliphatic carbocycles. The first kappa shape index (κ1) is 29.1. The van der Waals surface area contributed by atoms with E-state index in [1.807, 2.05) is 54.6 Å². The highest BCUT2D eigenvalue weighted by Crippen LogP contribution is 2.39. The predicted octanol–water partition coefficient (Wildman–Crippen LogP) is 5.57. The fourth-order valence-electron chi connectivity index (χ4n) is 5.01. The highest BCUT2D eigenvalue weighted by atomic mass is 32.2. The van der Waals surface area contributed by atoms with E-state index in [9.17, 15) is 13.5 Å². The molecule has 0 unspecified atom stereocenters. The first-order chi connectivity index (χ1) is 18.4. The molecule has 0 bridgehead atoms. The van der Waals surface area contributed by atoms with Gasteiger partial charge in [0, 0.05) is 31.7 Å². The molecule has 3 aromatic carbocycles. The molecule has 1 aliphatic rings. The molecular weight excluding hydrogens is 512 g/mol. The molecule has 7 nitrogen and oxygen atoms in total. The summed E-state index contributed by atoms with van der Waals surface area (Å²) < 4.78 is 40.2. The van der Waals surface area contributed by atoms with E-state index in [1.165, 1.54) is 0 Å². The molecule has 0 radical (unpaired) electrons. The van der Waals surface area contributed by atoms with Crippen LogP contribution in [0, 0.1) is 0 Å². The minimum Gasteiger partial charge on any atom is -0.493 e. The van der Waals surface area contributed by atoms with Crippen LogP contribution in [0.1, 0.15) is 57.2 Å². The second-order valence-electron chi connectivity index (χ2n) is 11.2. The number of para-hydroxylation sites is 2. The third kappa shape index (κ3) is 6.81. The van der Waals surface area contributed by atoms with Gasteiger partial charge in [-0.3, -0.25) is 4.90 Å². The molecule has 0 spiro atoms. The summed E-state index contributed by atoms with van der Waals surface area (Å²) in [7, 11) is -2.12. The van der Waals surface area contributed by atoms with Crippen LogP contribution >= 0.6 is 0 Å². The number of piperidine rings is 1. The molecule has 0 amide bonds. The first-order valence-corrected chi connectivity index (χ1v) is 14.9. The number of ether oxygens (including phenoxy) is 2. The van der Waals surface area contributed by atoms with E-state index in [1.54, 1.807) is 20.1 Å². The van der Waals surface area contributed by atoms with Gasteiger partial charge in [-0.2, -0.15) is 0 Å². The number of nitrogens with zero attached hydrogens (tertiary/aromatic N) is 1. The van der Waals surface area contributed by atoms with Crippen LogP contribution in [0.25, 0.3) is 0 Å². The number of hydrogen-bond acceptors (Lipinski definition) is 6. The van der Waals surface area contributed by atoms with E-state index in [2.05, 4.69) is 36.5 Å². The molecule has 210 valence electrons. The fourth-order valence-corrected chi connectivity index (χ4v) is 6.33. The van der Waals surface area contributed by atoms with Crippen LogP contribution in [-0.4, -0.2) is 45.2 Å². The summed E-state index contributed by atoms with van der Waals surface area (Å²) in [4.78, 5) is 2.44. The molecular formula is C31H40N2O5S. The summed E-state index contributed by atoms with van der Waals surface area (Å²) in [5.74, 6) is 2.05. The van der Waals surface area contributed by atoms with E-state index in [4.69, 9.17) is 9.47 Å². The van der Waals surface area contributed by atoms with Crippen molar-refractivity contribution >= 4 is 10.0 Å². The molecule has 39 heavy (non-hydrogen) atoms. The van der Waals surface area contributed by atoms with Crippen molar-refractivity contribution in [3.05, 3.63) is 83.4 Å². The highest BCUT2D eigenvalue weighted by Gasteiger charge is 2.38. The standard InChI is InChI=1S/C31H40N2O5S/c1-6-32-39(35,36)29-15-14-24(30(2,3)4)21-26(29)31(34)16-18-33(19-17-31)22-23-10-9-11-25(20-23)38-28-13-8-7-12-27(28)37-5/h7-15,20-21,32,34H,6,16-19,22H2,1-5H3. The number of likely N-dealkylation sites (tertiary alicyclic amines) is 1. The van der Waals surface area contributed by atoms with Crippen LogP contribution in [0.3, 0.4) is 0 Å². The molecule has 1 fully saturated rings. The quantitative estimate of drug-likeness (QED) is 0.361. The first-order valence-electron chi connectivity index (χ1n) is 13.4. The van der Waals surface area contributed by atoms with Crippen molar-refractivity contribution in [1.29, 1.82) is 0 Å². The van der Waals surface area contributed by atoms with Crippen molar-refractivity contribution in [2.24, 2.45) is 0 Å². The third-order valence-electron chi connectivity index (χ3n) is 7.26. The molecule has 3 aromatic rings. The number of benzene rings is 3. The average molecular weight is 553 g/mol. The third-order valence-corrected chi connectivity index (χ3v) is 8.86. The van der Waals surface area contributed by atoms with E-state index in [0.29, 0.717) is 49.5 Å². The van der Waals surface area contributed by atoms with E-state index in [-0.39, 0.29) is 16.9 Å². The summed E-state index contributed by atoms with van der Waals surface area (Å²) >= 11 is 0. The van der Waals surface area contributed by atoms with Crippen LogP contribution in [0.5, 0.6) is 17.2 Å². The SMILES string of the molecule is CCNS(=O)(=O)c1ccc(C(C)(C)C)cc1C1(O)CCN(Cc2cccc(Oc3ccccc3OC)c2)CC1. The van der Waals surface area contributed by atoms with Gasteiger partial charge in [0.1, 0.15) is 5.75 Å². The normalized spacial score (nSPS) is 16.2. The van der Waals surface area contributed by atoms with Crippen LogP contribution in [-0.2, 0) is 27.6 Å². The van der Waals surface area contributed by atoms with Gasteiger partial charge >= 0.3 is 0 Å². The smallest absolute Gasteiger partial charge is 0.240 e. The Morgan fingerprint density at radius 3 is 2.31 bits per heavy atom. The molecule has 0 saturated carbocycles. The van der Waals surface area contributed by atoms with E-state index >= 15 is 0 Å². The molecule has 1 heterocycles. The minimum absolute atomic E-state index is 0.162. The lowest BCUT2D eigenvalue weighted by Gasteiger charge is -2.40. The van der Waals surface area contributed by atoms with Crippen LogP contribution in [0.2, 0.25) is 0 Å². The molecule has 1 saturated heterocycles. The lowest BCUT2D eigenvalue weighted by Crippen LogP contribution is -2.43. The number of aliphatic hydroxyl groups is 1. The van der Waals surface area contributed by atoms with Gasteiger partial charge in [0.05, 0.1) is 17.6 Å². The number of sulfonamides is 1. The summed E-state index contributed by atoms with van der Waals surface area (Å²) in [6, 6.07) is 20.9. The number of methoxy groups -OCH3 is 1. The van der Waals surface area contributed by atoms with Crippen LogP contribution < -0.4 is 14.2 Å². The molecule has 0 aromatic heterocycles. The second-order valence-corrected chi connectivity index (χ2v) is 12.9. The van der Waals surface area contributed by atoms with Gasteiger partial charge in [-0.1, -0.05) is 64.1 Å². The Morgan fingerprint density at radius 2 is 1.67 bits per heavy atom. The number of rotatable bonds is 9. The molecule has 1 aliphatic heterocycles. The predicted molar refractivity (Wildman–Crippen MR) is 154 cm³/mol. The minimum atomic E-state index is -3.73. The molecule has 8 heteroatoms. The maximum absolute atomic E-state index is 13.1. The average Bonchev–Trinajstić information content (AvgIpc) is 2.90. The zero-order valence-electron chi connectivity index (χ0n) is 23.5. The largest absolute Gasteiger partial charge is 0.493 e. The maximum atomic E-state index is 13.1. The Kier molecular flexibility index (Phi) is 8.71. The summed E-state index contributed by atoms with van der Waals surface area (Å²) in [6.45, 7) is 10.3. The Bertz CT molecular complexity index is 1390. The lowest BCUT2D eigenvalue weighted by atomic mass is 9.80. The van der Waals surface area contributed by atoms with Gasteiger partial charge in [0.25, 0.3) is 0 Å². The Morgan fingerprint density at radius 1 is 0.974 bits per heavy atom. The van der Waals surface area contributed by atoms with Gasteiger partial charge in [0.15, 0.2) is 11.5 Å². The zero-order chi connectivity index (χ0) is 28.3. The summed E-state index contributed by atoms with van der Waals surface area (Å²) in [5.41, 5.74) is 1.17. The van der Waals surface area contributed by atoms with Gasteiger partial charge in [0.2, 0.25) is 10.0 Å². The van der Waals surface area contributed by atoms with Crippen molar-refractivity contribution in [1.82, 2.24) is 9.62 Å². The van der Waals surface area contributed by atoms with E-state index in [0.717, 1.165) is 16.9 Å². The van der Waals surface area contributed by atoms with Crippen molar-refractivity contribution in [3.63, 3.8) is 0 Å². The lowest BCUT2D eigenvalue weighted by molar-refractivity contribution is -0.0300. The van der Waals surface area contributed by atoms with Crippen LogP contribution in [0.15, 0.2) is 71.6 Å². The topological polar surface area (TPSA) is 88.1 Å². The summed E-state index contributed by atoms with van der Waals surface area (Å²) in [5, 5.41) is 11.8. The zero-order valence-corrected chi connectivity index (χ0v) is 24.3. The number of nitrogens with one attached hydrogen (secondary N) is 1. The molecule has 0 atom stereocenters. The van der Waals surface area contributed by atoms with Crippen molar-refractivity contribution < 1.29 is 23.0 Å². The van der Waals surface area contributed by atoms with Crippen molar-refractivity contribution in [2.45, 2.75) is 63.0 Å². The monoisotopic (exact) mass is 552 g/mol. The highest BCUT2D eigenvalue weighted by molar-refractivity contribution is 7.89. The van der Waals surface area contributed by atoms with Crippen molar-refractivity contribution in [2.75, 3.05) is 26.7 Å². The van der Waals surface area contributed by atoms with Crippen molar-refractivity contribution in [3.8, 4) is 17.2 Å². The number of hydrogen-bond donors (Lipinski definition) is 2. The molecule has 4 rings (SSSR count). The van der Waals surface area contributed by atoms with Gasteiger partial charge in [-0.25, -0.2) is 13.1 Å². The maximum Gasteiger partial charge on any atom is 0.240 e. The van der Waals surface area contributed by atoms with E-state index < -0.39 is 15.6 Å². The summed E-state index contributed by atoms with van der Waals surface area (Å²) in [6.07, 6.45) is 0.874. The fraction of sp³-hybridized carbons (Fsp3) is 0.419. The Balaban J connectivity index is 1.51. The second kappa shape index (κ2) is 11.7. The van der Waals surface area contributed by atoms with Gasteiger partial charge in [-0.15, -0.1) is 0 Å². The Labute approximate surface area is 232 Å². The van der Waals surface area contributed by atoms with Gasteiger partial charge in [-0.05, 0) is 59.7 Å².